The molecule has 1 saturated heterocycles. The highest BCUT2D eigenvalue weighted by atomic mass is 35.5. The summed E-state index contributed by atoms with van der Waals surface area (Å²) >= 11 is 5.73. The second-order valence-corrected chi connectivity index (χ2v) is 4.30. The fourth-order valence-electron chi connectivity index (χ4n) is 1.72. The van der Waals surface area contributed by atoms with Crippen LogP contribution in [0, 0.1) is 5.82 Å². The third kappa shape index (κ3) is 2.93. The van der Waals surface area contributed by atoms with Crippen molar-refractivity contribution in [3.8, 4) is 0 Å². The summed E-state index contributed by atoms with van der Waals surface area (Å²) in [6.07, 6.45) is 0.475. The van der Waals surface area contributed by atoms with Crippen LogP contribution in [0.2, 0.25) is 5.02 Å². The lowest BCUT2D eigenvalue weighted by Crippen LogP contribution is -2.30. The summed E-state index contributed by atoms with van der Waals surface area (Å²) in [6, 6.07) is 4.53. The summed E-state index contributed by atoms with van der Waals surface area (Å²) in [5.74, 6) is -0.292. The molecule has 86 valence electrons. The SMILES string of the molecule is O=C1CC(NCc2cc(F)cc(Cl)c2)CN1. The molecule has 0 aromatic heterocycles. The quantitative estimate of drug-likeness (QED) is 0.843. The molecule has 0 saturated carbocycles. The van der Waals surface area contributed by atoms with Crippen molar-refractivity contribution in [2.75, 3.05) is 6.54 Å². The zero-order chi connectivity index (χ0) is 11.5. The maximum atomic E-state index is 13.0. The zero-order valence-corrected chi connectivity index (χ0v) is 9.35. The first-order valence-electron chi connectivity index (χ1n) is 5.08. The number of nitrogens with one attached hydrogen (secondary N) is 2. The first-order chi connectivity index (χ1) is 7.63. The second-order valence-electron chi connectivity index (χ2n) is 3.86. The number of benzene rings is 1. The number of carbonyl (C=O) groups excluding carboxylic acids is 1. The lowest BCUT2D eigenvalue weighted by Gasteiger charge is -2.10. The molecule has 2 rings (SSSR count). The molecule has 1 amide bonds. The van der Waals surface area contributed by atoms with Gasteiger partial charge in [-0.15, -0.1) is 0 Å². The van der Waals surface area contributed by atoms with Gasteiger partial charge in [0.15, 0.2) is 0 Å². The molecule has 1 atom stereocenters. The molecule has 1 aromatic carbocycles. The van der Waals surface area contributed by atoms with E-state index >= 15 is 0 Å². The average molecular weight is 243 g/mol. The summed E-state index contributed by atoms with van der Waals surface area (Å²) in [6.45, 7) is 1.14. The van der Waals surface area contributed by atoms with Crippen LogP contribution in [0.5, 0.6) is 0 Å². The van der Waals surface area contributed by atoms with E-state index in [4.69, 9.17) is 11.6 Å². The summed E-state index contributed by atoms with van der Waals surface area (Å²) in [7, 11) is 0. The zero-order valence-electron chi connectivity index (χ0n) is 8.59. The van der Waals surface area contributed by atoms with Crippen molar-refractivity contribution in [1.29, 1.82) is 0 Å². The van der Waals surface area contributed by atoms with Crippen molar-refractivity contribution >= 4 is 17.5 Å². The highest BCUT2D eigenvalue weighted by molar-refractivity contribution is 6.30. The van der Waals surface area contributed by atoms with Crippen LogP contribution < -0.4 is 10.6 Å². The molecule has 1 heterocycles. The maximum Gasteiger partial charge on any atom is 0.221 e. The van der Waals surface area contributed by atoms with Crippen LogP contribution >= 0.6 is 11.6 Å². The molecule has 0 spiro atoms. The number of hydrogen-bond acceptors (Lipinski definition) is 2. The predicted octanol–water partition coefficient (Wildman–Crippen LogP) is 1.46. The highest BCUT2D eigenvalue weighted by Gasteiger charge is 2.20. The van der Waals surface area contributed by atoms with Crippen LogP contribution in [0.3, 0.4) is 0 Å². The monoisotopic (exact) mass is 242 g/mol. The Kier molecular flexibility index (Phi) is 3.41. The molecular weight excluding hydrogens is 231 g/mol. The molecule has 0 bridgehead atoms. The molecule has 3 nitrogen and oxygen atoms in total. The molecule has 0 radical (unpaired) electrons. The van der Waals surface area contributed by atoms with E-state index < -0.39 is 0 Å². The predicted molar refractivity (Wildman–Crippen MR) is 59.7 cm³/mol. The van der Waals surface area contributed by atoms with Gasteiger partial charge in [-0.1, -0.05) is 11.6 Å². The van der Waals surface area contributed by atoms with E-state index in [1.165, 1.54) is 12.1 Å². The molecular formula is C11H12ClFN2O. The number of halogens is 2. The first kappa shape index (κ1) is 11.4. The van der Waals surface area contributed by atoms with Gasteiger partial charge in [0, 0.05) is 30.6 Å². The van der Waals surface area contributed by atoms with Gasteiger partial charge in [-0.25, -0.2) is 4.39 Å². The molecule has 1 fully saturated rings. The topological polar surface area (TPSA) is 41.1 Å². The Hall–Kier alpha value is -1.13. The summed E-state index contributed by atoms with van der Waals surface area (Å²) in [5, 5.41) is 6.29. The Morgan fingerprint density at radius 3 is 2.94 bits per heavy atom. The fraction of sp³-hybridized carbons (Fsp3) is 0.364. The van der Waals surface area contributed by atoms with Gasteiger partial charge in [-0.2, -0.15) is 0 Å². The molecule has 16 heavy (non-hydrogen) atoms. The van der Waals surface area contributed by atoms with Crippen LogP contribution in [-0.4, -0.2) is 18.5 Å². The van der Waals surface area contributed by atoms with Gasteiger partial charge < -0.3 is 10.6 Å². The van der Waals surface area contributed by atoms with Gasteiger partial charge in [0.2, 0.25) is 5.91 Å². The molecule has 0 aliphatic carbocycles. The molecule has 1 aliphatic rings. The largest absolute Gasteiger partial charge is 0.354 e. The van der Waals surface area contributed by atoms with Gasteiger partial charge in [0.1, 0.15) is 5.82 Å². The summed E-state index contributed by atoms with van der Waals surface area (Å²) in [4.78, 5) is 10.9. The molecule has 1 aromatic rings. The third-order valence-electron chi connectivity index (χ3n) is 2.49. The van der Waals surface area contributed by atoms with E-state index in [0.717, 1.165) is 5.56 Å². The lowest BCUT2D eigenvalue weighted by atomic mass is 10.2. The highest BCUT2D eigenvalue weighted by Crippen LogP contribution is 2.14. The Labute approximate surface area is 98.0 Å². The van der Waals surface area contributed by atoms with Crippen molar-refractivity contribution in [1.82, 2.24) is 10.6 Å². The van der Waals surface area contributed by atoms with Crippen molar-refractivity contribution in [3.63, 3.8) is 0 Å². The Morgan fingerprint density at radius 2 is 2.31 bits per heavy atom. The van der Waals surface area contributed by atoms with Crippen LogP contribution in [0.1, 0.15) is 12.0 Å². The normalized spacial score (nSPS) is 19.9. The van der Waals surface area contributed by atoms with Crippen molar-refractivity contribution < 1.29 is 9.18 Å². The maximum absolute atomic E-state index is 13.0. The van der Waals surface area contributed by atoms with Crippen LogP contribution in [-0.2, 0) is 11.3 Å². The summed E-state index contributed by atoms with van der Waals surface area (Å²) in [5.41, 5.74) is 0.782. The average Bonchev–Trinajstić information content (AvgIpc) is 2.60. The standard InChI is InChI=1S/C11H12ClFN2O/c12-8-1-7(2-9(13)3-8)5-14-10-4-11(16)15-6-10/h1-3,10,14H,4-6H2,(H,15,16). The Balaban J connectivity index is 1.91. The number of amides is 1. The minimum absolute atomic E-state index is 0.0507. The lowest BCUT2D eigenvalue weighted by molar-refractivity contribution is -0.119. The number of carbonyl (C=O) groups is 1. The minimum Gasteiger partial charge on any atom is -0.354 e. The van der Waals surface area contributed by atoms with Gasteiger partial charge in [-0.3, -0.25) is 4.79 Å². The van der Waals surface area contributed by atoms with Crippen molar-refractivity contribution in [2.45, 2.75) is 19.0 Å². The summed E-state index contributed by atoms with van der Waals surface area (Å²) < 4.78 is 13.0. The fourth-order valence-corrected chi connectivity index (χ4v) is 1.97. The van der Waals surface area contributed by atoms with E-state index in [2.05, 4.69) is 10.6 Å². The third-order valence-corrected chi connectivity index (χ3v) is 2.71. The van der Waals surface area contributed by atoms with Crippen LogP contribution in [0.4, 0.5) is 4.39 Å². The molecule has 5 heteroatoms. The van der Waals surface area contributed by atoms with Gasteiger partial charge in [0.25, 0.3) is 0 Å². The van der Waals surface area contributed by atoms with Crippen molar-refractivity contribution in [2.24, 2.45) is 0 Å². The van der Waals surface area contributed by atoms with E-state index in [-0.39, 0.29) is 17.8 Å². The van der Waals surface area contributed by atoms with E-state index in [9.17, 15) is 9.18 Å². The minimum atomic E-state index is -0.343. The van der Waals surface area contributed by atoms with Gasteiger partial charge in [-0.05, 0) is 23.8 Å². The van der Waals surface area contributed by atoms with E-state index in [1.807, 2.05) is 0 Å². The number of hydrogen-bond donors (Lipinski definition) is 2. The smallest absolute Gasteiger partial charge is 0.221 e. The van der Waals surface area contributed by atoms with E-state index in [0.29, 0.717) is 24.5 Å². The van der Waals surface area contributed by atoms with Crippen LogP contribution in [0.15, 0.2) is 18.2 Å². The van der Waals surface area contributed by atoms with Gasteiger partial charge >= 0.3 is 0 Å². The van der Waals surface area contributed by atoms with Gasteiger partial charge in [0.05, 0.1) is 0 Å². The molecule has 1 unspecified atom stereocenters. The second kappa shape index (κ2) is 4.80. The van der Waals surface area contributed by atoms with Crippen molar-refractivity contribution in [3.05, 3.63) is 34.6 Å². The number of rotatable bonds is 3. The van der Waals surface area contributed by atoms with E-state index in [1.54, 1.807) is 6.07 Å². The Morgan fingerprint density at radius 1 is 1.50 bits per heavy atom. The molecule has 2 N–H and O–H groups in total. The first-order valence-corrected chi connectivity index (χ1v) is 5.46. The van der Waals surface area contributed by atoms with Crippen LogP contribution in [0.25, 0.3) is 0 Å². The molecule has 1 aliphatic heterocycles. The Bertz CT molecular complexity index is 391.